The van der Waals surface area contributed by atoms with Crippen LogP contribution in [0.15, 0.2) is 0 Å². The summed E-state index contributed by atoms with van der Waals surface area (Å²) in [6, 6.07) is 0. The molecule has 0 heterocycles. The van der Waals surface area contributed by atoms with E-state index in [0.29, 0.717) is 0 Å². The van der Waals surface area contributed by atoms with Gasteiger partial charge >= 0.3 is 5.66 Å². The fraction of sp³-hybridized carbons (Fsp3) is 1.00. The van der Waals surface area contributed by atoms with Crippen LogP contribution in [0.3, 0.4) is 0 Å². The highest BCUT2D eigenvalue weighted by atomic mass is 16.7. The van der Waals surface area contributed by atoms with Gasteiger partial charge in [0.05, 0.1) is 24.0 Å². The van der Waals surface area contributed by atoms with E-state index in [-0.39, 0.29) is 23.0 Å². The second-order valence-electron chi connectivity index (χ2n) is 2.96. The number of hydrazine groups is 2. The molecule has 0 atom stereocenters. The first kappa shape index (κ1) is 15.6. The molecule has 10 heteroatoms. The summed E-state index contributed by atoms with van der Waals surface area (Å²) < 4.78 is 4.99. The van der Waals surface area contributed by atoms with Gasteiger partial charge in [0, 0.05) is 6.61 Å². The number of ether oxygens (including phenoxy) is 1. The van der Waals surface area contributed by atoms with Gasteiger partial charge in [-0.3, -0.25) is 0 Å². The van der Waals surface area contributed by atoms with Gasteiger partial charge in [0.25, 0.3) is 0 Å². The molecule has 0 unspecified atom stereocenters. The van der Waals surface area contributed by atoms with Crippen molar-refractivity contribution in [2.75, 3.05) is 34.0 Å². The van der Waals surface area contributed by atoms with Crippen molar-refractivity contribution in [1.29, 1.82) is 0 Å². The van der Waals surface area contributed by atoms with E-state index in [4.69, 9.17) is 4.74 Å². The zero-order valence-electron chi connectivity index (χ0n) is 10.0. The quantitative estimate of drug-likeness (QED) is 0.243. The SMILES string of the molecule is CCOCC(CO)([N+](=O)NOC)[N+](=O)NOC. The summed E-state index contributed by atoms with van der Waals surface area (Å²) in [6.45, 7) is 0.774. The summed E-state index contributed by atoms with van der Waals surface area (Å²) in [7, 11) is 2.37. The topological polar surface area (TPSA) is 112 Å². The van der Waals surface area contributed by atoms with Crippen LogP contribution in [0.1, 0.15) is 6.92 Å². The highest BCUT2D eigenvalue weighted by Crippen LogP contribution is 2.09. The van der Waals surface area contributed by atoms with Crippen molar-refractivity contribution in [3.63, 3.8) is 0 Å². The van der Waals surface area contributed by atoms with Gasteiger partial charge in [-0.05, 0) is 18.1 Å². The number of nitrogens with zero attached hydrogens (tertiary/aromatic N) is 2. The van der Waals surface area contributed by atoms with E-state index in [1.54, 1.807) is 6.92 Å². The molecule has 0 aliphatic rings. The van der Waals surface area contributed by atoms with Crippen LogP contribution < -0.4 is 11.2 Å². The number of aliphatic hydroxyl groups excluding tert-OH is 1. The standard InChI is InChI=1S/C7H18N4O6/c1-4-17-6-7(5-12,10(13)8-15-2)11(14)9-16-3/h12H,4-6H2,1-3H3,(H,8,13)(H,9,14)/q+2. The minimum atomic E-state index is -1.97. The molecule has 0 aromatic heterocycles. The average Bonchev–Trinajstić information content (AvgIpc) is 2.31. The molecule has 0 spiro atoms. The third-order valence-corrected chi connectivity index (χ3v) is 1.90. The lowest BCUT2D eigenvalue weighted by molar-refractivity contribution is -0.918. The van der Waals surface area contributed by atoms with Gasteiger partial charge in [-0.1, -0.05) is 0 Å². The molecule has 0 radical (unpaired) electrons. The summed E-state index contributed by atoms with van der Waals surface area (Å²) in [4.78, 5) is 32.1. The molecule has 0 rings (SSSR count). The molecular weight excluding hydrogens is 236 g/mol. The lowest BCUT2D eigenvalue weighted by Crippen LogP contribution is -2.63. The predicted molar refractivity (Wildman–Crippen MR) is 53.9 cm³/mol. The van der Waals surface area contributed by atoms with Crippen LogP contribution in [0.5, 0.6) is 0 Å². The Hall–Kier alpha value is -1.36. The summed E-state index contributed by atoms with van der Waals surface area (Å²) in [5, 5.41) is 9.24. The molecule has 17 heavy (non-hydrogen) atoms. The van der Waals surface area contributed by atoms with Crippen LogP contribution in [-0.4, -0.2) is 54.5 Å². The first-order valence-corrected chi connectivity index (χ1v) is 4.79. The Labute approximate surface area is 97.8 Å². The lowest BCUT2D eigenvalue weighted by atomic mass is 10.2. The van der Waals surface area contributed by atoms with Gasteiger partial charge in [0.1, 0.15) is 0 Å². The third-order valence-electron chi connectivity index (χ3n) is 1.90. The molecule has 10 nitrogen and oxygen atoms in total. The normalized spacial score (nSPS) is 11.1. The Balaban J connectivity index is 4.98. The molecule has 0 bridgehead atoms. The van der Waals surface area contributed by atoms with E-state index in [1.807, 2.05) is 11.2 Å². The Morgan fingerprint density at radius 1 is 1.18 bits per heavy atom. The van der Waals surface area contributed by atoms with Crippen LogP contribution in [0.4, 0.5) is 0 Å². The highest BCUT2D eigenvalue weighted by Gasteiger charge is 2.64. The Kier molecular flexibility index (Phi) is 7.21. The number of hydrogen-bond acceptors (Lipinski definition) is 6. The fourth-order valence-corrected chi connectivity index (χ4v) is 0.975. The zero-order valence-corrected chi connectivity index (χ0v) is 10.0. The van der Waals surface area contributed by atoms with E-state index in [1.165, 1.54) is 14.2 Å². The average molecular weight is 254 g/mol. The smallest absolute Gasteiger partial charge is 0.382 e. The van der Waals surface area contributed by atoms with Crippen molar-refractivity contribution in [1.82, 2.24) is 11.2 Å². The van der Waals surface area contributed by atoms with Gasteiger partial charge < -0.3 is 9.84 Å². The van der Waals surface area contributed by atoms with Crippen molar-refractivity contribution in [2.24, 2.45) is 0 Å². The molecule has 0 saturated heterocycles. The van der Waals surface area contributed by atoms with E-state index in [0.717, 1.165) is 0 Å². The third kappa shape index (κ3) is 3.85. The largest absolute Gasteiger partial charge is 0.545 e. The van der Waals surface area contributed by atoms with Gasteiger partial charge in [-0.2, -0.15) is 0 Å². The molecule has 0 aromatic rings. The number of hydrogen-bond donors (Lipinski definition) is 3. The maximum atomic E-state index is 11.6. The number of nitroso groups, excluding NO2 is 2. The van der Waals surface area contributed by atoms with Crippen molar-refractivity contribution >= 4 is 0 Å². The monoisotopic (exact) mass is 254 g/mol. The predicted octanol–water partition coefficient (Wildman–Crippen LogP) is -1.60. The maximum absolute atomic E-state index is 11.6. The van der Waals surface area contributed by atoms with E-state index in [2.05, 4.69) is 9.68 Å². The van der Waals surface area contributed by atoms with Crippen LogP contribution in [0, 0.1) is 9.81 Å². The second kappa shape index (κ2) is 7.84. The Morgan fingerprint density at radius 3 is 1.94 bits per heavy atom. The summed E-state index contributed by atoms with van der Waals surface area (Å²) in [6.07, 6.45) is 0. The minimum Gasteiger partial charge on any atom is -0.382 e. The van der Waals surface area contributed by atoms with Crippen LogP contribution in [0.25, 0.3) is 0 Å². The van der Waals surface area contributed by atoms with Crippen LogP contribution in [-0.2, 0) is 14.4 Å². The Bertz CT molecular complexity index is 243. The fourth-order valence-electron chi connectivity index (χ4n) is 0.975. The van der Waals surface area contributed by atoms with E-state index in [9.17, 15) is 14.9 Å². The zero-order chi connectivity index (χ0) is 13.3. The molecule has 0 aromatic carbocycles. The Morgan fingerprint density at radius 2 is 1.65 bits per heavy atom. The van der Waals surface area contributed by atoms with Crippen LogP contribution >= 0.6 is 0 Å². The van der Waals surface area contributed by atoms with Crippen molar-refractivity contribution in [3.05, 3.63) is 9.81 Å². The number of aliphatic hydroxyl groups is 1. The summed E-state index contributed by atoms with van der Waals surface area (Å²) >= 11 is 0. The first-order chi connectivity index (χ1) is 8.08. The molecule has 0 saturated carbocycles. The molecule has 0 amide bonds. The van der Waals surface area contributed by atoms with E-state index >= 15 is 0 Å². The second-order valence-corrected chi connectivity index (χ2v) is 2.96. The van der Waals surface area contributed by atoms with Crippen molar-refractivity contribution in [2.45, 2.75) is 12.6 Å². The highest BCUT2D eigenvalue weighted by molar-refractivity contribution is 4.61. The maximum Gasteiger partial charge on any atom is 0.545 e. The molecule has 100 valence electrons. The van der Waals surface area contributed by atoms with Crippen LogP contribution in [0.2, 0.25) is 0 Å². The summed E-state index contributed by atoms with van der Waals surface area (Å²) in [5.41, 5.74) is 1.80. The molecule has 0 fully saturated rings. The van der Waals surface area contributed by atoms with Gasteiger partial charge in [0.2, 0.25) is 9.74 Å². The van der Waals surface area contributed by atoms with Crippen molar-refractivity contribution < 1.29 is 29.3 Å². The molecular formula is C7H18N4O6+2. The first-order valence-electron chi connectivity index (χ1n) is 4.79. The molecule has 0 aliphatic carbocycles. The van der Waals surface area contributed by atoms with Gasteiger partial charge in [-0.15, -0.1) is 0 Å². The number of rotatable bonds is 10. The van der Waals surface area contributed by atoms with E-state index < -0.39 is 12.3 Å². The minimum absolute atomic E-state index is 0.0294. The molecule has 3 N–H and O–H groups in total. The number of nitrogens with one attached hydrogen (secondary N) is 2. The van der Waals surface area contributed by atoms with Gasteiger partial charge in [-0.25, -0.2) is 9.68 Å². The summed E-state index contributed by atoms with van der Waals surface area (Å²) in [5.74, 6) is 0. The van der Waals surface area contributed by atoms with Crippen molar-refractivity contribution in [3.8, 4) is 0 Å². The lowest BCUT2D eigenvalue weighted by Gasteiger charge is -2.12. The molecule has 0 aliphatic heterocycles. The van der Waals surface area contributed by atoms with Gasteiger partial charge in [0.15, 0.2) is 13.2 Å².